The first-order valence-electron chi connectivity index (χ1n) is 11.4. The zero-order chi connectivity index (χ0) is 24.6. The first-order valence-corrected chi connectivity index (χ1v) is 13.2. The number of sulfone groups is 1. The highest BCUT2D eigenvalue weighted by Crippen LogP contribution is 2.37. The van der Waals surface area contributed by atoms with E-state index in [1.165, 1.54) is 0 Å². The number of rotatable bonds is 5. The summed E-state index contributed by atoms with van der Waals surface area (Å²) in [5, 5.41) is 12.8. The number of phenolic OH excluding ortho intramolecular Hbond substituents is 1. The van der Waals surface area contributed by atoms with Gasteiger partial charge >= 0.3 is 5.97 Å². The van der Waals surface area contributed by atoms with E-state index in [-0.39, 0.29) is 17.3 Å². The minimum Gasteiger partial charge on any atom is -0.508 e. The average Bonchev–Trinajstić information content (AvgIpc) is 3.39. The van der Waals surface area contributed by atoms with Crippen LogP contribution in [0.1, 0.15) is 40.0 Å². The van der Waals surface area contributed by atoms with Gasteiger partial charge in [0.1, 0.15) is 5.75 Å². The fraction of sp³-hybridized carbons (Fsp3) is 0.269. The standard InChI is InChI=1S/C26H24N2O6S/c29-19-8-5-16(6-9-19)13-17-7-10-21-24(20-3-1-2-4-22(20)28-25(17)21)26(31)34-14-23(30)27-18-11-12-35(32,33)15-18/h1-6,8-9,13,18,29H,7,10-12,14-15H2,(H,27,30)/b17-13+. The molecular formula is C26H24N2O6S. The Labute approximate surface area is 202 Å². The molecule has 1 amide bonds. The van der Waals surface area contributed by atoms with Gasteiger partial charge in [-0.05, 0) is 60.2 Å². The van der Waals surface area contributed by atoms with Gasteiger partial charge in [-0.2, -0.15) is 0 Å². The second-order valence-corrected chi connectivity index (χ2v) is 11.1. The first-order chi connectivity index (χ1) is 16.8. The van der Waals surface area contributed by atoms with Crippen LogP contribution in [0.4, 0.5) is 0 Å². The number of para-hydroxylation sites is 1. The molecule has 1 aromatic heterocycles. The maximum atomic E-state index is 13.2. The highest BCUT2D eigenvalue weighted by Gasteiger charge is 2.30. The van der Waals surface area contributed by atoms with Crippen LogP contribution in [0.5, 0.6) is 5.75 Å². The van der Waals surface area contributed by atoms with Crippen molar-refractivity contribution in [1.82, 2.24) is 10.3 Å². The predicted octanol–water partition coefficient (Wildman–Crippen LogP) is 2.89. The van der Waals surface area contributed by atoms with Crippen molar-refractivity contribution in [2.24, 2.45) is 0 Å². The molecule has 9 heteroatoms. The van der Waals surface area contributed by atoms with Gasteiger partial charge in [0, 0.05) is 11.4 Å². The molecule has 0 bridgehead atoms. The predicted molar refractivity (Wildman–Crippen MR) is 132 cm³/mol. The Bertz CT molecular complexity index is 1460. The highest BCUT2D eigenvalue weighted by molar-refractivity contribution is 7.91. The van der Waals surface area contributed by atoms with E-state index >= 15 is 0 Å². The molecule has 3 aromatic rings. The van der Waals surface area contributed by atoms with Gasteiger partial charge < -0.3 is 15.2 Å². The number of benzene rings is 2. The number of nitrogens with one attached hydrogen (secondary N) is 1. The molecule has 2 aromatic carbocycles. The molecule has 1 saturated heterocycles. The van der Waals surface area contributed by atoms with Crippen LogP contribution < -0.4 is 5.32 Å². The van der Waals surface area contributed by atoms with E-state index in [1.54, 1.807) is 12.1 Å². The van der Waals surface area contributed by atoms with E-state index in [2.05, 4.69) is 5.32 Å². The molecule has 1 fully saturated rings. The number of phenols is 1. The van der Waals surface area contributed by atoms with Crippen molar-refractivity contribution in [1.29, 1.82) is 0 Å². The average molecular weight is 493 g/mol. The van der Waals surface area contributed by atoms with E-state index < -0.39 is 34.4 Å². The largest absolute Gasteiger partial charge is 0.508 e. The Hall–Kier alpha value is -3.72. The van der Waals surface area contributed by atoms with Crippen LogP contribution in [-0.2, 0) is 25.8 Å². The second-order valence-electron chi connectivity index (χ2n) is 8.84. The van der Waals surface area contributed by atoms with E-state index in [0.717, 1.165) is 22.4 Å². The minimum absolute atomic E-state index is 0.0485. The van der Waals surface area contributed by atoms with Gasteiger partial charge in [0.25, 0.3) is 5.91 Å². The van der Waals surface area contributed by atoms with Crippen LogP contribution in [0.25, 0.3) is 22.6 Å². The fourth-order valence-electron chi connectivity index (χ4n) is 4.67. The molecule has 0 spiro atoms. The normalized spacial score (nSPS) is 19.5. The summed E-state index contributed by atoms with van der Waals surface area (Å²) in [4.78, 5) is 30.3. The van der Waals surface area contributed by atoms with Gasteiger partial charge in [0.2, 0.25) is 0 Å². The molecule has 2 N–H and O–H groups in total. The van der Waals surface area contributed by atoms with Crippen LogP contribution >= 0.6 is 0 Å². The van der Waals surface area contributed by atoms with Crippen molar-refractivity contribution < 1.29 is 27.9 Å². The number of fused-ring (bicyclic) bond motifs is 2. The van der Waals surface area contributed by atoms with Gasteiger partial charge in [-0.1, -0.05) is 30.3 Å². The minimum atomic E-state index is -3.12. The lowest BCUT2D eigenvalue weighted by molar-refractivity contribution is -0.124. The number of aromatic hydroxyl groups is 1. The van der Waals surface area contributed by atoms with Crippen molar-refractivity contribution in [2.45, 2.75) is 25.3 Å². The number of nitrogens with zero attached hydrogens (tertiary/aromatic N) is 1. The van der Waals surface area contributed by atoms with Crippen molar-refractivity contribution in [2.75, 3.05) is 18.1 Å². The summed E-state index contributed by atoms with van der Waals surface area (Å²) < 4.78 is 28.6. The van der Waals surface area contributed by atoms with Crippen LogP contribution in [0.2, 0.25) is 0 Å². The number of hydrogen-bond donors (Lipinski definition) is 2. The molecule has 0 radical (unpaired) electrons. The molecule has 5 rings (SSSR count). The van der Waals surface area contributed by atoms with E-state index in [9.17, 15) is 23.1 Å². The second kappa shape index (κ2) is 9.14. The molecule has 1 unspecified atom stereocenters. The third kappa shape index (κ3) is 4.90. The molecule has 2 heterocycles. The number of ether oxygens (including phenoxy) is 1. The number of carbonyl (C=O) groups excluding carboxylic acids is 2. The summed E-state index contributed by atoms with van der Waals surface area (Å²) in [5.41, 5.74) is 4.44. The molecule has 35 heavy (non-hydrogen) atoms. The molecule has 1 aliphatic carbocycles. The Morgan fingerprint density at radius 1 is 1.11 bits per heavy atom. The molecule has 0 saturated carbocycles. The van der Waals surface area contributed by atoms with Crippen LogP contribution in [0, 0.1) is 0 Å². The molecule has 8 nitrogen and oxygen atoms in total. The van der Waals surface area contributed by atoms with Crippen molar-refractivity contribution in [3.8, 4) is 5.75 Å². The molecular weight excluding hydrogens is 468 g/mol. The Morgan fingerprint density at radius 3 is 2.63 bits per heavy atom. The zero-order valence-electron chi connectivity index (χ0n) is 18.9. The van der Waals surface area contributed by atoms with Gasteiger partial charge in [-0.15, -0.1) is 0 Å². The van der Waals surface area contributed by atoms with Crippen LogP contribution in [0.3, 0.4) is 0 Å². The summed E-state index contributed by atoms with van der Waals surface area (Å²) in [6, 6.07) is 13.7. The van der Waals surface area contributed by atoms with E-state index in [4.69, 9.17) is 9.72 Å². The maximum absolute atomic E-state index is 13.2. The van der Waals surface area contributed by atoms with Crippen molar-refractivity contribution in [3.05, 3.63) is 70.9 Å². The monoisotopic (exact) mass is 492 g/mol. The Balaban J connectivity index is 1.40. The number of amides is 1. The lowest BCUT2D eigenvalue weighted by Crippen LogP contribution is -2.38. The SMILES string of the molecule is O=C(COC(=O)c1c2c(nc3ccccc13)/C(=C/c1ccc(O)cc1)CC2)NC1CCS(=O)(=O)C1. The smallest absolute Gasteiger partial charge is 0.339 e. The summed E-state index contributed by atoms with van der Waals surface area (Å²) in [5.74, 6) is -0.993. The Kier molecular flexibility index (Phi) is 6.02. The maximum Gasteiger partial charge on any atom is 0.339 e. The third-order valence-electron chi connectivity index (χ3n) is 6.31. The van der Waals surface area contributed by atoms with Gasteiger partial charge in [0.15, 0.2) is 16.4 Å². The lowest BCUT2D eigenvalue weighted by atomic mass is 10.0. The molecule has 1 aliphatic heterocycles. The summed E-state index contributed by atoms with van der Waals surface area (Å²) in [7, 11) is -3.12. The number of hydrogen-bond acceptors (Lipinski definition) is 7. The van der Waals surface area contributed by atoms with Crippen molar-refractivity contribution in [3.63, 3.8) is 0 Å². The Morgan fingerprint density at radius 2 is 1.89 bits per heavy atom. The van der Waals surface area contributed by atoms with E-state index in [0.29, 0.717) is 35.7 Å². The number of pyridine rings is 1. The number of esters is 1. The van der Waals surface area contributed by atoms with Crippen LogP contribution in [-0.4, -0.2) is 54.5 Å². The first kappa shape index (κ1) is 23.0. The lowest BCUT2D eigenvalue weighted by Gasteiger charge is -2.14. The fourth-order valence-corrected chi connectivity index (χ4v) is 6.34. The van der Waals surface area contributed by atoms with E-state index in [1.807, 2.05) is 42.5 Å². The van der Waals surface area contributed by atoms with Crippen LogP contribution in [0.15, 0.2) is 48.5 Å². The number of aromatic nitrogens is 1. The topological polar surface area (TPSA) is 123 Å². The highest BCUT2D eigenvalue weighted by atomic mass is 32.2. The third-order valence-corrected chi connectivity index (χ3v) is 8.08. The number of carbonyl (C=O) groups is 2. The zero-order valence-corrected chi connectivity index (χ0v) is 19.7. The summed E-state index contributed by atoms with van der Waals surface area (Å²) in [6.45, 7) is -0.489. The quantitative estimate of drug-likeness (QED) is 0.525. The molecule has 2 aliphatic rings. The van der Waals surface area contributed by atoms with Crippen molar-refractivity contribution >= 4 is 44.3 Å². The summed E-state index contributed by atoms with van der Waals surface area (Å²) in [6.07, 6.45) is 3.65. The number of allylic oxidation sites excluding steroid dienone is 1. The van der Waals surface area contributed by atoms with Gasteiger partial charge in [-0.3, -0.25) is 4.79 Å². The molecule has 180 valence electrons. The van der Waals surface area contributed by atoms with Gasteiger partial charge in [0.05, 0.1) is 28.3 Å². The molecule has 1 atom stereocenters. The summed E-state index contributed by atoms with van der Waals surface area (Å²) >= 11 is 0. The van der Waals surface area contributed by atoms with Gasteiger partial charge in [-0.25, -0.2) is 18.2 Å².